The van der Waals surface area contributed by atoms with E-state index in [0.717, 1.165) is 31.4 Å². The molecular weight excluding hydrogens is 250 g/mol. The Hall–Kier alpha value is -1.64. The minimum absolute atomic E-state index is 0.0208. The van der Waals surface area contributed by atoms with Gasteiger partial charge < -0.3 is 5.11 Å². The minimum Gasteiger partial charge on any atom is -0.481 e. The Labute approximate surface area is 120 Å². The maximum Gasteiger partial charge on any atom is 0.303 e. The zero-order valence-electron chi connectivity index (χ0n) is 12.6. The van der Waals surface area contributed by atoms with Crippen molar-refractivity contribution in [2.24, 2.45) is 4.99 Å². The van der Waals surface area contributed by atoms with Gasteiger partial charge in [0.15, 0.2) is 0 Å². The van der Waals surface area contributed by atoms with Crippen LogP contribution < -0.4 is 0 Å². The quantitative estimate of drug-likeness (QED) is 0.787. The first kappa shape index (κ1) is 14.8. The van der Waals surface area contributed by atoms with E-state index in [2.05, 4.69) is 44.0 Å². The predicted molar refractivity (Wildman–Crippen MR) is 82.0 cm³/mol. The number of hydrogen-bond donors (Lipinski definition) is 1. The van der Waals surface area contributed by atoms with Crippen molar-refractivity contribution >= 4 is 17.4 Å². The number of aliphatic carboxylic acids is 1. The number of aliphatic imine (C=N–C) groups is 1. The second-order valence-corrected chi connectivity index (χ2v) is 6.09. The smallest absolute Gasteiger partial charge is 0.303 e. The summed E-state index contributed by atoms with van der Waals surface area (Å²) >= 11 is 0. The number of carboxylic acids is 1. The second-order valence-electron chi connectivity index (χ2n) is 6.09. The SMILES string of the molecule is CC1=Nc2cccc(CCCCCC(=O)O)c2C1(C)C. The number of fused-ring (bicyclic) bond motifs is 1. The molecule has 0 fully saturated rings. The number of carboxylic acid groups (broad SMARTS) is 1. The Morgan fingerprint density at radius 3 is 2.70 bits per heavy atom. The molecule has 1 aliphatic heterocycles. The van der Waals surface area contributed by atoms with Crippen LogP contribution in [0.15, 0.2) is 23.2 Å². The molecule has 0 spiro atoms. The van der Waals surface area contributed by atoms with Crippen molar-refractivity contribution in [1.29, 1.82) is 0 Å². The molecule has 108 valence electrons. The number of hydrogen-bond acceptors (Lipinski definition) is 2. The van der Waals surface area contributed by atoms with Crippen molar-refractivity contribution in [1.82, 2.24) is 0 Å². The molecule has 0 saturated heterocycles. The van der Waals surface area contributed by atoms with Crippen LogP contribution in [-0.4, -0.2) is 16.8 Å². The van der Waals surface area contributed by atoms with Gasteiger partial charge in [-0.05, 0) is 43.4 Å². The molecular formula is C17H23NO2. The van der Waals surface area contributed by atoms with Crippen molar-refractivity contribution < 1.29 is 9.90 Å². The number of carbonyl (C=O) groups is 1. The van der Waals surface area contributed by atoms with Crippen LogP contribution in [0.4, 0.5) is 5.69 Å². The third kappa shape index (κ3) is 2.92. The second kappa shape index (κ2) is 5.78. The number of rotatable bonds is 6. The summed E-state index contributed by atoms with van der Waals surface area (Å²) in [7, 11) is 0. The maximum atomic E-state index is 10.5. The van der Waals surface area contributed by atoms with Gasteiger partial charge >= 0.3 is 5.97 Å². The van der Waals surface area contributed by atoms with Crippen molar-refractivity contribution in [3.05, 3.63) is 29.3 Å². The van der Waals surface area contributed by atoms with Gasteiger partial charge in [0.1, 0.15) is 0 Å². The molecule has 0 radical (unpaired) electrons. The van der Waals surface area contributed by atoms with Crippen LogP contribution in [0.25, 0.3) is 0 Å². The predicted octanol–water partition coefficient (Wildman–Crippen LogP) is 4.26. The van der Waals surface area contributed by atoms with Crippen molar-refractivity contribution in [3.8, 4) is 0 Å². The van der Waals surface area contributed by atoms with Gasteiger partial charge in [0, 0.05) is 17.5 Å². The summed E-state index contributed by atoms with van der Waals surface area (Å²) in [6.45, 7) is 6.55. The van der Waals surface area contributed by atoms with Crippen molar-refractivity contribution in [2.75, 3.05) is 0 Å². The number of unbranched alkanes of at least 4 members (excludes halogenated alkanes) is 2. The van der Waals surface area contributed by atoms with Crippen LogP contribution in [-0.2, 0) is 16.6 Å². The molecule has 0 aromatic heterocycles. The molecule has 1 heterocycles. The highest BCUT2D eigenvalue weighted by Gasteiger charge is 2.33. The van der Waals surface area contributed by atoms with Crippen molar-refractivity contribution in [3.63, 3.8) is 0 Å². The van der Waals surface area contributed by atoms with Crippen LogP contribution >= 0.6 is 0 Å². The molecule has 0 bridgehead atoms. The topological polar surface area (TPSA) is 49.7 Å². The Bertz CT molecular complexity index is 544. The fourth-order valence-corrected chi connectivity index (χ4v) is 2.88. The van der Waals surface area contributed by atoms with E-state index in [1.165, 1.54) is 16.8 Å². The third-order valence-corrected chi connectivity index (χ3v) is 4.28. The normalized spacial score (nSPS) is 15.8. The lowest BCUT2D eigenvalue weighted by molar-refractivity contribution is -0.137. The van der Waals surface area contributed by atoms with E-state index < -0.39 is 5.97 Å². The minimum atomic E-state index is -0.698. The fourth-order valence-electron chi connectivity index (χ4n) is 2.88. The summed E-state index contributed by atoms with van der Waals surface area (Å²) in [6, 6.07) is 6.34. The van der Waals surface area contributed by atoms with E-state index in [1.54, 1.807) is 0 Å². The number of nitrogens with zero attached hydrogens (tertiary/aromatic N) is 1. The first-order valence-corrected chi connectivity index (χ1v) is 7.33. The van der Waals surface area contributed by atoms with E-state index in [0.29, 0.717) is 0 Å². The molecule has 0 atom stereocenters. The van der Waals surface area contributed by atoms with Gasteiger partial charge in [-0.2, -0.15) is 0 Å². The van der Waals surface area contributed by atoms with Gasteiger partial charge in [0.05, 0.1) is 5.69 Å². The van der Waals surface area contributed by atoms with Crippen LogP contribution in [0.5, 0.6) is 0 Å². The summed E-state index contributed by atoms with van der Waals surface area (Å²) in [5, 5.41) is 8.64. The average molecular weight is 273 g/mol. The first-order chi connectivity index (χ1) is 9.43. The molecule has 0 unspecified atom stereocenters. The molecule has 1 aromatic carbocycles. The summed E-state index contributed by atoms with van der Waals surface area (Å²) in [6.07, 6.45) is 4.06. The average Bonchev–Trinajstić information content (AvgIpc) is 2.60. The molecule has 1 aromatic rings. The summed E-state index contributed by atoms with van der Waals surface area (Å²) in [4.78, 5) is 15.2. The molecule has 1 aliphatic rings. The first-order valence-electron chi connectivity index (χ1n) is 7.33. The Kier molecular flexibility index (Phi) is 4.26. The monoisotopic (exact) mass is 273 g/mol. The molecule has 2 rings (SSSR count). The van der Waals surface area contributed by atoms with Gasteiger partial charge in [-0.1, -0.05) is 32.4 Å². The lowest BCUT2D eigenvalue weighted by Crippen LogP contribution is -2.24. The van der Waals surface area contributed by atoms with Gasteiger partial charge in [-0.25, -0.2) is 0 Å². The van der Waals surface area contributed by atoms with Crippen LogP contribution in [0.2, 0.25) is 0 Å². The summed E-state index contributed by atoms with van der Waals surface area (Å²) < 4.78 is 0. The van der Waals surface area contributed by atoms with E-state index >= 15 is 0 Å². The Balaban J connectivity index is 2.02. The van der Waals surface area contributed by atoms with E-state index in [4.69, 9.17) is 5.11 Å². The van der Waals surface area contributed by atoms with Crippen LogP contribution in [0, 0.1) is 0 Å². The van der Waals surface area contributed by atoms with Gasteiger partial charge in [-0.15, -0.1) is 0 Å². The molecule has 3 heteroatoms. The molecule has 1 N–H and O–H groups in total. The van der Waals surface area contributed by atoms with E-state index in [1.807, 2.05) is 0 Å². The van der Waals surface area contributed by atoms with Crippen LogP contribution in [0.3, 0.4) is 0 Å². The Morgan fingerprint density at radius 1 is 1.25 bits per heavy atom. The summed E-state index contributed by atoms with van der Waals surface area (Å²) in [5.74, 6) is -0.698. The number of aryl methyl sites for hydroxylation is 1. The van der Waals surface area contributed by atoms with Gasteiger partial charge in [0.25, 0.3) is 0 Å². The summed E-state index contributed by atoms with van der Waals surface area (Å²) in [5.41, 5.74) is 5.02. The molecule has 0 aliphatic carbocycles. The van der Waals surface area contributed by atoms with E-state index in [-0.39, 0.29) is 11.8 Å². The molecule has 3 nitrogen and oxygen atoms in total. The maximum absolute atomic E-state index is 10.5. The zero-order valence-corrected chi connectivity index (χ0v) is 12.6. The number of benzene rings is 1. The van der Waals surface area contributed by atoms with Crippen molar-refractivity contribution in [2.45, 2.75) is 58.3 Å². The standard InChI is InChI=1S/C17H23NO2/c1-12-17(2,3)16-13(9-7-10-14(16)18-12)8-5-4-6-11-15(19)20/h7,9-10H,4-6,8,11H2,1-3H3,(H,19,20). The highest BCUT2D eigenvalue weighted by atomic mass is 16.4. The highest BCUT2D eigenvalue weighted by molar-refractivity contribution is 6.00. The lowest BCUT2D eigenvalue weighted by atomic mass is 9.79. The van der Waals surface area contributed by atoms with E-state index in [9.17, 15) is 4.79 Å². The largest absolute Gasteiger partial charge is 0.481 e. The highest BCUT2D eigenvalue weighted by Crippen LogP contribution is 2.42. The van der Waals surface area contributed by atoms with Crippen LogP contribution in [0.1, 0.15) is 57.6 Å². The fraction of sp³-hybridized carbons (Fsp3) is 0.529. The zero-order chi connectivity index (χ0) is 14.8. The third-order valence-electron chi connectivity index (χ3n) is 4.28. The molecule has 0 amide bonds. The van der Waals surface area contributed by atoms with Gasteiger partial charge in [0.2, 0.25) is 0 Å². The molecule has 0 saturated carbocycles. The molecule has 20 heavy (non-hydrogen) atoms. The lowest BCUT2D eigenvalue weighted by Gasteiger charge is -2.23. The Morgan fingerprint density at radius 2 is 2.00 bits per heavy atom. The van der Waals surface area contributed by atoms with Gasteiger partial charge in [-0.3, -0.25) is 9.79 Å².